The highest BCUT2D eigenvalue weighted by atomic mass is 16.5. The molecule has 5 rings (SSSR count). The highest BCUT2D eigenvalue weighted by Gasteiger charge is 2.40. The Morgan fingerprint density at radius 1 is 1.03 bits per heavy atom. The first-order valence-electron chi connectivity index (χ1n) is 14.4. The molecule has 1 amide bonds. The molecule has 2 aromatic rings. The molecule has 3 aliphatic rings. The topological polar surface area (TPSA) is 43.3 Å². The summed E-state index contributed by atoms with van der Waals surface area (Å²) >= 11 is 0. The number of amides is 1. The number of carbonyl (C=O) groups is 1. The van der Waals surface area contributed by atoms with Crippen molar-refractivity contribution >= 4 is 5.91 Å². The first-order chi connectivity index (χ1) is 17.1. The quantitative estimate of drug-likeness (QED) is 0.470. The summed E-state index contributed by atoms with van der Waals surface area (Å²) in [4.78, 5) is 13.5. The van der Waals surface area contributed by atoms with Crippen molar-refractivity contribution in [1.29, 1.82) is 0 Å². The fourth-order valence-corrected chi connectivity index (χ4v) is 6.24. The van der Waals surface area contributed by atoms with Crippen LogP contribution in [0.4, 0.5) is 0 Å². The molecule has 0 unspecified atom stereocenters. The lowest BCUT2D eigenvalue weighted by Crippen LogP contribution is -2.39. The van der Waals surface area contributed by atoms with E-state index in [1.54, 1.807) is 0 Å². The van der Waals surface area contributed by atoms with Crippen LogP contribution in [-0.4, -0.2) is 29.7 Å². The van der Waals surface area contributed by atoms with Gasteiger partial charge in [0.15, 0.2) is 0 Å². The van der Waals surface area contributed by atoms with E-state index in [0.717, 1.165) is 44.1 Å². The lowest BCUT2D eigenvalue weighted by molar-refractivity contribution is 0.0693. The molecule has 1 aromatic heterocycles. The maximum absolute atomic E-state index is 13.5. The molecule has 1 aliphatic heterocycles. The van der Waals surface area contributed by atoms with Gasteiger partial charge < -0.3 is 14.6 Å². The maximum atomic E-state index is 13.5. The number of benzene rings is 1. The average Bonchev–Trinajstić information content (AvgIpc) is 3.53. The van der Waals surface area contributed by atoms with Gasteiger partial charge in [-0.3, -0.25) is 4.79 Å². The van der Waals surface area contributed by atoms with Crippen molar-refractivity contribution in [3.8, 4) is 11.3 Å². The van der Waals surface area contributed by atoms with Crippen molar-refractivity contribution in [3.05, 3.63) is 46.6 Å². The number of nitrogens with zero attached hydrogens (tertiary/aromatic N) is 1. The zero-order valence-corrected chi connectivity index (χ0v) is 23.2. The number of carbonyl (C=O) groups excluding carboxylic acids is 1. The van der Waals surface area contributed by atoms with Gasteiger partial charge in [-0.25, -0.2) is 0 Å². The van der Waals surface area contributed by atoms with Crippen molar-refractivity contribution in [2.45, 2.75) is 109 Å². The van der Waals surface area contributed by atoms with Gasteiger partial charge in [0.1, 0.15) is 5.69 Å². The van der Waals surface area contributed by atoms with Crippen molar-refractivity contribution in [2.24, 2.45) is 13.0 Å². The molecule has 2 heterocycles. The Kier molecular flexibility index (Phi) is 7.11. The highest BCUT2D eigenvalue weighted by molar-refractivity contribution is 5.94. The number of hydrogen-bond acceptors (Lipinski definition) is 2. The van der Waals surface area contributed by atoms with Crippen LogP contribution in [0.2, 0.25) is 0 Å². The van der Waals surface area contributed by atoms with E-state index in [1.165, 1.54) is 72.9 Å². The monoisotopic (exact) mass is 490 g/mol. The van der Waals surface area contributed by atoms with Gasteiger partial charge in [0.25, 0.3) is 5.91 Å². The van der Waals surface area contributed by atoms with Gasteiger partial charge in [-0.15, -0.1) is 0 Å². The minimum Gasteiger partial charge on any atom is -0.381 e. The van der Waals surface area contributed by atoms with Crippen LogP contribution >= 0.6 is 0 Å². The summed E-state index contributed by atoms with van der Waals surface area (Å²) in [5.74, 6) is 0.777. The molecule has 1 N–H and O–H groups in total. The van der Waals surface area contributed by atoms with Gasteiger partial charge in [-0.05, 0) is 89.3 Å². The van der Waals surface area contributed by atoms with Crippen LogP contribution in [0.5, 0.6) is 0 Å². The van der Waals surface area contributed by atoms with E-state index in [9.17, 15) is 4.79 Å². The van der Waals surface area contributed by atoms with Crippen LogP contribution in [0.15, 0.2) is 24.3 Å². The predicted molar refractivity (Wildman–Crippen MR) is 148 cm³/mol. The van der Waals surface area contributed by atoms with E-state index in [-0.39, 0.29) is 17.4 Å². The fraction of sp³-hybridized carbons (Fsp3) is 0.656. The number of aromatic nitrogens is 1. The smallest absolute Gasteiger partial charge is 0.268 e. The lowest BCUT2D eigenvalue weighted by atomic mass is 9.81. The van der Waals surface area contributed by atoms with E-state index in [2.05, 4.69) is 68.9 Å². The number of hydrogen-bond donors (Lipinski definition) is 1. The second-order valence-electron chi connectivity index (χ2n) is 13.1. The summed E-state index contributed by atoms with van der Waals surface area (Å²) in [7, 11) is 2.10. The molecule has 0 bridgehead atoms. The minimum atomic E-state index is 0.0573. The Bertz CT molecular complexity index is 1070. The zero-order valence-electron chi connectivity index (χ0n) is 23.2. The van der Waals surface area contributed by atoms with Crippen molar-refractivity contribution < 1.29 is 9.53 Å². The summed E-state index contributed by atoms with van der Waals surface area (Å²) in [5, 5.41) is 3.31. The van der Waals surface area contributed by atoms with E-state index in [4.69, 9.17) is 4.74 Å². The van der Waals surface area contributed by atoms with E-state index >= 15 is 0 Å². The summed E-state index contributed by atoms with van der Waals surface area (Å²) in [5.41, 5.74) is 7.89. The van der Waals surface area contributed by atoms with Crippen LogP contribution in [0.3, 0.4) is 0 Å². The minimum absolute atomic E-state index is 0.0573. The van der Waals surface area contributed by atoms with Gasteiger partial charge in [0.2, 0.25) is 0 Å². The standard InChI is InChI=1S/C32H46N2O2/c1-31(2,3)25-18-24(19-26(21-25)32(4)13-14-32)29-23(17-22-9-7-6-8-10-22)20-28(34(29)5)30(35)33-27-11-15-36-16-12-27/h18-22,27H,6-17H2,1-5H3,(H,33,35). The molecule has 3 fully saturated rings. The Hall–Kier alpha value is -2.07. The molecule has 0 spiro atoms. The Morgan fingerprint density at radius 2 is 1.72 bits per heavy atom. The van der Waals surface area contributed by atoms with E-state index < -0.39 is 0 Å². The van der Waals surface area contributed by atoms with Gasteiger partial charge in [0.05, 0.1) is 5.69 Å². The molecule has 2 saturated carbocycles. The van der Waals surface area contributed by atoms with Gasteiger partial charge >= 0.3 is 0 Å². The van der Waals surface area contributed by atoms with E-state index in [0.29, 0.717) is 5.41 Å². The Labute approximate surface area is 218 Å². The highest BCUT2D eigenvalue weighted by Crippen LogP contribution is 2.49. The summed E-state index contributed by atoms with van der Waals surface area (Å²) < 4.78 is 7.69. The molecule has 1 aromatic carbocycles. The molecule has 0 atom stereocenters. The molecule has 4 nitrogen and oxygen atoms in total. The summed E-state index contributed by atoms with van der Waals surface area (Å²) in [6.45, 7) is 10.8. The molecular weight excluding hydrogens is 444 g/mol. The Balaban J connectivity index is 1.56. The predicted octanol–water partition coefficient (Wildman–Crippen LogP) is 7.07. The van der Waals surface area contributed by atoms with Gasteiger partial charge in [-0.1, -0.05) is 65.9 Å². The third-order valence-corrected chi connectivity index (χ3v) is 9.10. The SMILES string of the molecule is Cn1c(C(=O)NC2CCOCC2)cc(CC2CCCCC2)c1-c1cc(C(C)(C)C)cc(C2(C)CC2)c1. The molecule has 0 radical (unpaired) electrons. The Morgan fingerprint density at radius 3 is 2.36 bits per heavy atom. The third kappa shape index (κ3) is 5.44. The molecule has 2 aliphatic carbocycles. The van der Waals surface area contributed by atoms with Crippen LogP contribution in [0.1, 0.15) is 113 Å². The molecular formula is C32H46N2O2. The van der Waals surface area contributed by atoms with Crippen LogP contribution in [0, 0.1) is 5.92 Å². The normalized spacial score (nSPS) is 20.9. The fourth-order valence-electron chi connectivity index (χ4n) is 6.24. The lowest BCUT2D eigenvalue weighted by Gasteiger charge is -2.25. The third-order valence-electron chi connectivity index (χ3n) is 9.10. The first-order valence-corrected chi connectivity index (χ1v) is 14.4. The zero-order chi connectivity index (χ0) is 25.5. The molecule has 196 valence electrons. The van der Waals surface area contributed by atoms with Crippen LogP contribution in [0.25, 0.3) is 11.3 Å². The average molecular weight is 491 g/mol. The van der Waals surface area contributed by atoms with Crippen LogP contribution in [-0.2, 0) is 29.0 Å². The van der Waals surface area contributed by atoms with Crippen molar-refractivity contribution in [3.63, 3.8) is 0 Å². The van der Waals surface area contributed by atoms with E-state index in [1.807, 2.05) is 0 Å². The second-order valence-corrected chi connectivity index (χ2v) is 13.1. The second kappa shape index (κ2) is 10.0. The van der Waals surface area contributed by atoms with Gasteiger partial charge in [0, 0.05) is 26.3 Å². The number of nitrogens with one attached hydrogen (secondary N) is 1. The summed E-state index contributed by atoms with van der Waals surface area (Å²) in [6, 6.07) is 9.69. The van der Waals surface area contributed by atoms with Crippen molar-refractivity contribution in [2.75, 3.05) is 13.2 Å². The summed E-state index contributed by atoms with van der Waals surface area (Å²) in [6.07, 6.45) is 12.1. The van der Waals surface area contributed by atoms with Crippen LogP contribution < -0.4 is 5.32 Å². The molecule has 36 heavy (non-hydrogen) atoms. The molecule has 1 saturated heterocycles. The number of ether oxygens (including phenoxy) is 1. The maximum Gasteiger partial charge on any atom is 0.268 e. The first kappa shape index (κ1) is 25.6. The number of rotatable bonds is 6. The van der Waals surface area contributed by atoms with Crippen molar-refractivity contribution in [1.82, 2.24) is 9.88 Å². The largest absolute Gasteiger partial charge is 0.381 e. The molecule has 4 heteroatoms. The van der Waals surface area contributed by atoms with Gasteiger partial charge in [-0.2, -0.15) is 0 Å².